The van der Waals surface area contributed by atoms with Crippen LogP contribution in [0.5, 0.6) is 5.75 Å². The molecule has 0 saturated heterocycles. The number of phenols is 1. The molecule has 3 nitrogen and oxygen atoms in total. The summed E-state index contributed by atoms with van der Waals surface area (Å²) in [6.07, 6.45) is 0. The van der Waals surface area contributed by atoms with Gasteiger partial charge in [-0.2, -0.15) is 0 Å². The molecule has 0 aliphatic heterocycles. The minimum atomic E-state index is -1.09. The van der Waals surface area contributed by atoms with Gasteiger partial charge in [0.25, 0.3) is 0 Å². The summed E-state index contributed by atoms with van der Waals surface area (Å²) in [7, 11) is 0. The first-order chi connectivity index (χ1) is 6.59. The summed E-state index contributed by atoms with van der Waals surface area (Å²) in [6, 6.07) is 5.02. The Morgan fingerprint density at radius 1 is 1.43 bits per heavy atom. The van der Waals surface area contributed by atoms with Crippen molar-refractivity contribution in [2.75, 3.05) is 0 Å². The van der Waals surface area contributed by atoms with E-state index in [2.05, 4.69) is 22.6 Å². The first kappa shape index (κ1) is 9.72. The van der Waals surface area contributed by atoms with Crippen molar-refractivity contribution < 1.29 is 15.0 Å². The number of rotatable bonds is 1. The Morgan fingerprint density at radius 3 is 2.79 bits per heavy atom. The van der Waals surface area contributed by atoms with Gasteiger partial charge in [-0.25, -0.2) is 4.79 Å². The normalized spacial score (nSPS) is 10.6. The number of carboxylic acids is 1. The Morgan fingerprint density at radius 2 is 2.14 bits per heavy atom. The van der Waals surface area contributed by atoms with Crippen LogP contribution < -0.4 is 0 Å². The minimum absolute atomic E-state index is 0.00424. The zero-order chi connectivity index (χ0) is 10.3. The van der Waals surface area contributed by atoms with Crippen molar-refractivity contribution in [1.29, 1.82) is 0 Å². The SMILES string of the molecule is O=C(O)c1c(O)ccc2cc(I)sc12. The van der Waals surface area contributed by atoms with E-state index in [9.17, 15) is 9.90 Å². The number of benzene rings is 1. The molecule has 2 rings (SSSR count). The van der Waals surface area contributed by atoms with Crippen molar-refractivity contribution in [1.82, 2.24) is 0 Å². The number of halogens is 1. The second kappa shape index (κ2) is 3.39. The molecule has 0 aliphatic rings. The fourth-order valence-corrected chi connectivity index (χ4v) is 3.18. The third kappa shape index (κ3) is 1.46. The van der Waals surface area contributed by atoms with Crippen LogP contribution in [0.1, 0.15) is 10.4 Å². The zero-order valence-corrected chi connectivity index (χ0v) is 9.79. The standard InChI is InChI=1S/C9H5IO3S/c10-6-3-4-1-2-5(11)7(9(12)13)8(4)14-6/h1-3,11H,(H,12,13). The summed E-state index contributed by atoms with van der Waals surface area (Å²) in [5.74, 6) is -1.27. The summed E-state index contributed by atoms with van der Waals surface area (Å²) in [6.45, 7) is 0. The molecule has 0 fully saturated rings. The van der Waals surface area contributed by atoms with Crippen LogP contribution in [0.4, 0.5) is 0 Å². The molecule has 2 aromatic rings. The quantitative estimate of drug-likeness (QED) is 0.795. The number of thiophene rings is 1. The highest BCUT2D eigenvalue weighted by Gasteiger charge is 2.15. The molecule has 0 spiro atoms. The van der Waals surface area contributed by atoms with Crippen molar-refractivity contribution in [2.45, 2.75) is 0 Å². The third-order valence-corrected chi connectivity index (χ3v) is 3.78. The number of aromatic hydroxyl groups is 1. The molecule has 5 heteroatoms. The summed E-state index contributed by atoms with van der Waals surface area (Å²) < 4.78 is 1.63. The van der Waals surface area contributed by atoms with E-state index in [0.717, 1.165) is 8.27 Å². The Kier molecular flexibility index (Phi) is 2.36. The van der Waals surface area contributed by atoms with E-state index in [1.54, 1.807) is 6.07 Å². The summed E-state index contributed by atoms with van der Waals surface area (Å²) >= 11 is 3.50. The van der Waals surface area contributed by atoms with Crippen LogP contribution in [-0.2, 0) is 0 Å². The highest BCUT2D eigenvalue weighted by Crippen LogP contribution is 2.34. The lowest BCUT2D eigenvalue weighted by molar-refractivity contribution is 0.0696. The first-order valence-electron chi connectivity index (χ1n) is 3.74. The van der Waals surface area contributed by atoms with Gasteiger partial charge in [0, 0.05) is 0 Å². The van der Waals surface area contributed by atoms with E-state index in [4.69, 9.17) is 5.11 Å². The van der Waals surface area contributed by atoms with Gasteiger partial charge in [-0.15, -0.1) is 11.3 Å². The number of fused-ring (bicyclic) bond motifs is 1. The molecule has 0 atom stereocenters. The molecule has 0 saturated carbocycles. The van der Waals surface area contributed by atoms with Crippen molar-refractivity contribution in [3.05, 3.63) is 26.6 Å². The van der Waals surface area contributed by atoms with Gasteiger partial charge in [-0.3, -0.25) is 0 Å². The number of hydrogen-bond acceptors (Lipinski definition) is 3. The van der Waals surface area contributed by atoms with Crippen LogP contribution in [0.3, 0.4) is 0 Å². The summed E-state index contributed by atoms with van der Waals surface area (Å²) in [4.78, 5) is 10.9. The molecular formula is C9H5IO3S. The molecule has 1 aromatic carbocycles. The predicted octanol–water partition coefficient (Wildman–Crippen LogP) is 2.91. The lowest BCUT2D eigenvalue weighted by atomic mass is 10.1. The molecule has 1 aromatic heterocycles. The average Bonchev–Trinajstić information content (AvgIpc) is 2.43. The van der Waals surface area contributed by atoms with Crippen LogP contribution in [-0.4, -0.2) is 16.2 Å². The molecule has 14 heavy (non-hydrogen) atoms. The number of hydrogen-bond donors (Lipinski definition) is 2. The fraction of sp³-hybridized carbons (Fsp3) is 0. The van der Waals surface area contributed by atoms with Gasteiger partial charge in [0.15, 0.2) is 0 Å². The topological polar surface area (TPSA) is 57.5 Å². The monoisotopic (exact) mass is 320 g/mol. The molecule has 0 aliphatic carbocycles. The fourth-order valence-electron chi connectivity index (χ4n) is 1.27. The Labute approximate surface area is 97.1 Å². The van der Waals surface area contributed by atoms with Crippen LogP contribution in [0.2, 0.25) is 0 Å². The number of carbonyl (C=O) groups is 1. The van der Waals surface area contributed by atoms with Crippen LogP contribution >= 0.6 is 33.9 Å². The van der Waals surface area contributed by atoms with Gasteiger partial charge >= 0.3 is 5.97 Å². The van der Waals surface area contributed by atoms with E-state index in [1.165, 1.54) is 17.4 Å². The maximum atomic E-state index is 10.9. The van der Waals surface area contributed by atoms with Gasteiger partial charge < -0.3 is 10.2 Å². The van der Waals surface area contributed by atoms with E-state index >= 15 is 0 Å². The van der Waals surface area contributed by atoms with Gasteiger partial charge in [-0.05, 0) is 46.2 Å². The number of aromatic carboxylic acids is 1. The Hall–Kier alpha value is -0.820. The van der Waals surface area contributed by atoms with E-state index in [0.29, 0.717) is 4.70 Å². The van der Waals surface area contributed by atoms with E-state index in [1.807, 2.05) is 6.07 Å². The van der Waals surface area contributed by atoms with Crippen LogP contribution in [0, 0.1) is 2.88 Å². The Bertz CT molecular complexity index is 518. The lowest BCUT2D eigenvalue weighted by Crippen LogP contribution is -1.96. The molecule has 0 bridgehead atoms. The second-order valence-corrected chi connectivity index (χ2v) is 5.68. The first-order valence-corrected chi connectivity index (χ1v) is 5.63. The maximum absolute atomic E-state index is 10.9. The van der Waals surface area contributed by atoms with Crippen LogP contribution in [0.25, 0.3) is 10.1 Å². The number of carboxylic acid groups (broad SMARTS) is 1. The van der Waals surface area contributed by atoms with E-state index < -0.39 is 5.97 Å². The van der Waals surface area contributed by atoms with Crippen molar-refractivity contribution in [3.63, 3.8) is 0 Å². The molecular weight excluding hydrogens is 315 g/mol. The van der Waals surface area contributed by atoms with Gasteiger partial charge in [0.05, 0.1) is 7.58 Å². The van der Waals surface area contributed by atoms with Gasteiger partial charge in [0.1, 0.15) is 11.3 Å². The highest BCUT2D eigenvalue weighted by atomic mass is 127. The molecule has 0 radical (unpaired) electrons. The predicted molar refractivity (Wildman–Crippen MR) is 63.2 cm³/mol. The third-order valence-electron chi connectivity index (χ3n) is 1.85. The minimum Gasteiger partial charge on any atom is -0.507 e. The Balaban J connectivity index is 2.88. The van der Waals surface area contributed by atoms with Crippen molar-refractivity contribution in [3.8, 4) is 5.75 Å². The van der Waals surface area contributed by atoms with Gasteiger partial charge in [-0.1, -0.05) is 0 Å². The lowest BCUT2D eigenvalue weighted by Gasteiger charge is -1.99. The molecule has 0 amide bonds. The maximum Gasteiger partial charge on any atom is 0.340 e. The van der Waals surface area contributed by atoms with Gasteiger partial charge in [0.2, 0.25) is 0 Å². The van der Waals surface area contributed by atoms with Crippen molar-refractivity contribution >= 4 is 50.0 Å². The zero-order valence-electron chi connectivity index (χ0n) is 6.82. The smallest absolute Gasteiger partial charge is 0.340 e. The van der Waals surface area contributed by atoms with Crippen molar-refractivity contribution in [2.24, 2.45) is 0 Å². The summed E-state index contributed by atoms with van der Waals surface area (Å²) in [5.41, 5.74) is -0.00424. The molecule has 1 heterocycles. The van der Waals surface area contributed by atoms with Crippen LogP contribution in [0.15, 0.2) is 18.2 Å². The highest BCUT2D eigenvalue weighted by molar-refractivity contribution is 14.1. The molecule has 0 unspecified atom stereocenters. The average molecular weight is 320 g/mol. The largest absolute Gasteiger partial charge is 0.507 e. The molecule has 2 N–H and O–H groups in total. The summed E-state index contributed by atoms with van der Waals surface area (Å²) in [5, 5.41) is 19.2. The molecule has 72 valence electrons. The van der Waals surface area contributed by atoms with E-state index in [-0.39, 0.29) is 11.3 Å². The second-order valence-electron chi connectivity index (χ2n) is 2.73.